The Bertz CT molecular complexity index is 1800. The van der Waals surface area contributed by atoms with Crippen LogP contribution in [0, 0.1) is 29.9 Å². The van der Waals surface area contributed by atoms with Gasteiger partial charge in [-0.15, -0.1) is 0 Å². The van der Waals surface area contributed by atoms with Crippen molar-refractivity contribution in [2.45, 2.75) is 25.3 Å². The first-order chi connectivity index (χ1) is 19.8. The molecule has 0 radical (unpaired) electrons. The molecule has 2 atom stereocenters. The van der Waals surface area contributed by atoms with E-state index in [1.54, 1.807) is 6.07 Å². The zero-order valence-corrected chi connectivity index (χ0v) is 21.5. The predicted molar refractivity (Wildman–Crippen MR) is 136 cm³/mol. The van der Waals surface area contributed by atoms with Gasteiger partial charge in [0, 0.05) is 17.7 Å². The maximum absolute atomic E-state index is 15.1. The van der Waals surface area contributed by atoms with Gasteiger partial charge in [0.1, 0.15) is 29.7 Å². The second-order valence-electron chi connectivity index (χ2n) is 9.61. The minimum absolute atomic E-state index is 0.0236. The van der Waals surface area contributed by atoms with Crippen LogP contribution in [-0.4, -0.2) is 56.6 Å². The molecular weight excluding hydrogens is 568 g/mol. The van der Waals surface area contributed by atoms with E-state index < -0.39 is 76.4 Å². The van der Waals surface area contributed by atoms with E-state index in [0.29, 0.717) is 6.07 Å². The lowest BCUT2D eigenvalue weighted by atomic mass is 10.0. The minimum atomic E-state index is -4.88. The maximum atomic E-state index is 15.1. The van der Waals surface area contributed by atoms with Crippen LogP contribution < -0.4 is 11.1 Å². The maximum Gasteiger partial charge on any atom is 0.418 e. The number of carbonyl (C=O) groups is 2. The Morgan fingerprint density at radius 2 is 1.83 bits per heavy atom. The molecule has 4 aromatic rings. The lowest BCUT2D eigenvalue weighted by molar-refractivity contribution is -0.136. The third kappa shape index (κ3) is 4.95. The SMILES string of the molecule is Cc1cc(F)c(-c2cc(C(F)(F)F)c3c(N)ncnn23)cc1C(=O)N[C@@H]1CN(C(=O)c2cc(C#N)ccc2F)C[C@@H]1F. The summed E-state index contributed by atoms with van der Waals surface area (Å²) in [6.45, 7) is 0.552. The normalized spacial score (nSPS) is 17.0. The van der Waals surface area contributed by atoms with Gasteiger partial charge in [-0.2, -0.15) is 23.5 Å². The van der Waals surface area contributed by atoms with E-state index in [1.807, 2.05) is 0 Å². The minimum Gasteiger partial charge on any atom is -0.382 e. The van der Waals surface area contributed by atoms with Gasteiger partial charge >= 0.3 is 6.18 Å². The lowest BCUT2D eigenvalue weighted by Crippen LogP contribution is -2.42. The quantitative estimate of drug-likeness (QED) is 0.347. The molecule has 9 nitrogen and oxygen atoms in total. The van der Waals surface area contributed by atoms with Crippen molar-refractivity contribution in [2.24, 2.45) is 0 Å². The number of nitrogens with zero attached hydrogens (tertiary/aromatic N) is 5. The highest BCUT2D eigenvalue weighted by Gasteiger charge is 2.39. The fourth-order valence-electron chi connectivity index (χ4n) is 4.83. The molecule has 0 bridgehead atoms. The van der Waals surface area contributed by atoms with Crippen LogP contribution in [0.1, 0.15) is 37.4 Å². The third-order valence-corrected chi connectivity index (χ3v) is 6.90. The number of alkyl halides is 4. The molecule has 1 aliphatic heterocycles. The van der Waals surface area contributed by atoms with E-state index in [0.717, 1.165) is 40.0 Å². The van der Waals surface area contributed by atoms with Gasteiger partial charge in [-0.1, -0.05) is 0 Å². The number of nitrogens with two attached hydrogens (primary N) is 1. The van der Waals surface area contributed by atoms with Crippen molar-refractivity contribution in [3.8, 4) is 17.3 Å². The molecule has 1 aliphatic rings. The highest BCUT2D eigenvalue weighted by molar-refractivity contribution is 5.98. The van der Waals surface area contributed by atoms with Gasteiger partial charge in [0.25, 0.3) is 11.8 Å². The van der Waals surface area contributed by atoms with E-state index >= 15 is 4.39 Å². The largest absolute Gasteiger partial charge is 0.418 e. The first-order valence-electron chi connectivity index (χ1n) is 12.2. The van der Waals surface area contributed by atoms with E-state index in [-0.39, 0.29) is 28.9 Å². The molecule has 0 aliphatic carbocycles. The number of halogens is 6. The van der Waals surface area contributed by atoms with Crippen LogP contribution >= 0.6 is 0 Å². The second kappa shape index (κ2) is 10.4. The number of fused-ring (bicyclic) bond motifs is 1. The standard InChI is InChI=1S/C27H19F6N7O2/c1-12-4-19(29)15(22-7-17(27(31,32)33)23-24(35)36-11-37-40(22)23)6-14(12)25(41)38-21-10-39(9-20(21)30)26(42)16-5-13(8-34)2-3-18(16)28/h2-7,11,20-21H,9-10H2,1H3,(H,38,41)(H2,35,36,37)/t20-,21+/m0/s1. The fourth-order valence-corrected chi connectivity index (χ4v) is 4.83. The summed E-state index contributed by atoms with van der Waals surface area (Å²) in [7, 11) is 0. The Balaban J connectivity index is 1.44. The zero-order chi connectivity index (χ0) is 30.5. The molecule has 15 heteroatoms. The topological polar surface area (TPSA) is 129 Å². The molecule has 2 amide bonds. The molecule has 42 heavy (non-hydrogen) atoms. The van der Waals surface area contributed by atoms with Gasteiger partial charge in [0.15, 0.2) is 5.82 Å². The monoisotopic (exact) mass is 587 g/mol. The van der Waals surface area contributed by atoms with Crippen molar-refractivity contribution in [1.29, 1.82) is 5.26 Å². The molecule has 0 unspecified atom stereocenters. The summed E-state index contributed by atoms with van der Waals surface area (Å²) in [6.07, 6.45) is -5.75. The van der Waals surface area contributed by atoms with E-state index in [9.17, 15) is 31.5 Å². The number of anilines is 1. The fraction of sp³-hybridized carbons (Fsp3) is 0.222. The van der Waals surface area contributed by atoms with Gasteiger partial charge < -0.3 is 16.0 Å². The summed E-state index contributed by atoms with van der Waals surface area (Å²) in [4.78, 5) is 30.6. The van der Waals surface area contributed by atoms with Crippen LogP contribution in [0.2, 0.25) is 0 Å². The van der Waals surface area contributed by atoms with Crippen LogP contribution in [0.15, 0.2) is 42.7 Å². The van der Waals surface area contributed by atoms with E-state index in [1.165, 1.54) is 13.0 Å². The van der Waals surface area contributed by atoms with Crippen LogP contribution in [0.4, 0.5) is 32.2 Å². The Kier molecular flexibility index (Phi) is 7.01. The summed E-state index contributed by atoms with van der Waals surface area (Å²) in [5.41, 5.74) is 2.57. The first kappa shape index (κ1) is 28.4. The highest BCUT2D eigenvalue weighted by Crippen LogP contribution is 2.39. The molecule has 0 spiro atoms. The van der Waals surface area contributed by atoms with E-state index in [2.05, 4.69) is 15.4 Å². The highest BCUT2D eigenvalue weighted by atomic mass is 19.4. The molecule has 2 aromatic carbocycles. The van der Waals surface area contributed by atoms with Gasteiger partial charge in [-0.3, -0.25) is 9.59 Å². The Morgan fingerprint density at radius 3 is 2.52 bits per heavy atom. The van der Waals surface area contributed by atoms with Gasteiger partial charge in [0.05, 0.1) is 41.0 Å². The van der Waals surface area contributed by atoms with Crippen LogP contribution in [0.3, 0.4) is 0 Å². The number of hydrogen-bond acceptors (Lipinski definition) is 6. The second-order valence-corrected chi connectivity index (χ2v) is 9.61. The number of carbonyl (C=O) groups excluding carboxylic acids is 2. The molecule has 1 saturated heterocycles. The Hall–Kier alpha value is -5.13. The average Bonchev–Trinajstić information content (AvgIpc) is 3.50. The van der Waals surface area contributed by atoms with Crippen LogP contribution in [-0.2, 0) is 6.18 Å². The number of hydrogen-bond donors (Lipinski definition) is 2. The van der Waals surface area contributed by atoms with Crippen molar-refractivity contribution < 1.29 is 35.9 Å². The van der Waals surface area contributed by atoms with Gasteiger partial charge in [-0.05, 0) is 48.9 Å². The number of aromatic nitrogens is 3. The molecule has 0 saturated carbocycles. The smallest absolute Gasteiger partial charge is 0.382 e. The van der Waals surface area contributed by atoms with E-state index in [4.69, 9.17) is 11.0 Å². The Labute approximate surface area is 233 Å². The summed E-state index contributed by atoms with van der Waals surface area (Å²) < 4.78 is 86.3. The molecule has 3 N–H and O–H groups in total. The van der Waals surface area contributed by atoms with Crippen molar-refractivity contribution >= 4 is 23.1 Å². The molecule has 3 heterocycles. The third-order valence-electron chi connectivity index (χ3n) is 6.90. The van der Waals surface area contributed by atoms with Crippen LogP contribution in [0.5, 0.6) is 0 Å². The summed E-state index contributed by atoms with van der Waals surface area (Å²) in [5, 5.41) is 15.2. The molecule has 216 valence electrons. The average molecular weight is 587 g/mol. The number of aryl methyl sites for hydroxylation is 1. The lowest BCUT2D eigenvalue weighted by Gasteiger charge is -2.18. The van der Waals surface area contributed by atoms with Gasteiger partial charge in [0.2, 0.25) is 0 Å². The first-order valence-corrected chi connectivity index (χ1v) is 12.2. The molecular formula is C27H19F6N7O2. The number of benzene rings is 2. The molecule has 2 aromatic heterocycles. The molecule has 5 rings (SSSR count). The van der Waals surface area contributed by atoms with Crippen molar-refractivity contribution in [1.82, 2.24) is 24.8 Å². The number of nitrogens with one attached hydrogen (secondary N) is 1. The number of nitriles is 1. The summed E-state index contributed by atoms with van der Waals surface area (Å²) in [6, 6.07) is 6.27. The van der Waals surface area contributed by atoms with Crippen molar-refractivity contribution in [3.63, 3.8) is 0 Å². The summed E-state index contributed by atoms with van der Waals surface area (Å²) in [5.74, 6) is -4.14. The van der Waals surface area contributed by atoms with Gasteiger partial charge in [-0.25, -0.2) is 22.7 Å². The molecule has 1 fully saturated rings. The van der Waals surface area contributed by atoms with Crippen molar-refractivity contribution in [2.75, 3.05) is 18.8 Å². The zero-order valence-electron chi connectivity index (χ0n) is 21.5. The number of likely N-dealkylation sites (tertiary alicyclic amines) is 1. The number of nitrogen functional groups attached to an aromatic ring is 1. The predicted octanol–water partition coefficient (Wildman–Crippen LogP) is 4.05. The Morgan fingerprint density at radius 1 is 1.10 bits per heavy atom. The number of rotatable bonds is 4. The number of amides is 2. The van der Waals surface area contributed by atoms with Crippen molar-refractivity contribution in [3.05, 3.63) is 82.2 Å². The summed E-state index contributed by atoms with van der Waals surface area (Å²) >= 11 is 0. The van der Waals surface area contributed by atoms with Crippen LogP contribution in [0.25, 0.3) is 16.8 Å².